The van der Waals surface area contributed by atoms with Crippen LogP contribution in [-0.4, -0.2) is 4.98 Å². The highest BCUT2D eigenvalue weighted by atomic mass is 32.1. The summed E-state index contributed by atoms with van der Waals surface area (Å²) in [7, 11) is 0. The fourth-order valence-corrected chi connectivity index (χ4v) is 2.85. The lowest BCUT2D eigenvalue weighted by Gasteiger charge is -2.01. The van der Waals surface area contributed by atoms with Gasteiger partial charge in [-0.1, -0.05) is 30.3 Å². The standard InChI is InChI=1S/C16H13FN2S/c17-12-7-5-11(6-8-12)9-16-19-15(10-20-16)13-3-1-2-4-14(13)18/h1-8,10H,9,18H2. The minimum atomic E-state index is -0.217. The number of rotatable bonds is 3. The van der Waals surface area contributed by atoms with E-state index in [0.29, 0.717) is 6.42 Å². The van der Waals surface area contributed by atoms with Gasteiger partial charge in [0.05, 0.1) is 10.7 Å². The average Bonchev–Trinajstić information content (AvgIpc) is 2.90. The quantitative estimate of drug-likeness (QED) is 0.735. The molecule has 0 unspecified atom stereocenters. The summed E-state index contributed by atoms with van der Waals surface area (Å²) in [5, 5.41) is 3.00. The molecule has 0 radical (unpaired) electrons. The van der Waals surface area contributed by atoms with Gasteiger partial charge < -0.3 is 5.73 Å². The first kappa shape index (κ1) is 12.8. The third kappa shape index (κ3) is 2.70. The normalized spacial score (nSPS) is 10.7. The molecule has 3 rings (SSSR count). The predicted octanol–water partition coefficient (Wildman–Crippen LogP) is 4.12. The maximum absolute atomic E-state index is 12.9. The van der Waals surface area contributed by atoms with Crippen molar-refractivity contribution in [2.45, 2.75) is 6.42 Å². The fourth-order valence-electron chi connectivity index (χ4n) is 2.02. The summed E-state index contributed by atoms with van der Waals surface area (Å²) in [6.07, 6.45) is 0.706. The Labute approximate surface area is 120 Å². The molecule has 1 heterocycles. The van der Waals surface area contributed by atoms with Gasteiger partial charge in [0.15, 0.2) is 0 Å². The molecule has 3 aromatic rings. The maximum Gasteiger partial charge on any atom is 0.123 e. The van der Waals surface area contributed by atoms with E-state index in [-0.39, 0.29) is 5.82 Å². The van der Waals surface area contributed by atoms with E-state index in [1.807, 2.05) is 29.6 Å². The Morgan fingerprint density at radius 3 is 2.55 bits per heavy atom. The third-order valence-electron chi connectivity index (χ3n) is 3.06. The van der Waals surface area contributed by atoms with Crippen molar-refractivity contribution in [3.05, 3.63) is 70.3 Å². The number of aromatic nitrogens is 1. The number of nitrogens with two attached hydrogens (primary N) is 1. The van der Waals surface area contributed by atoms with Crippen LogP contribution in [-0.2, 0) is 6.42 Å². The summed E-state index contributed by atoms with van der Waals surface area (Å²) >= 11 is 1.59. The van der Waals surface area contributed by atoms with Gasteiger partial charge in [-0.25, -0.2) is 9.37 Å². The topological polar surface area (TPSA) is 38.9 Å². The van der Waals surface area contributed by atoms with Gasteiger partial charge in [-0.3, -0.25) is 0 Å². The minimum Gasteiger partial charge on any atom is -0.398 e. The van der Waals surface area contributed by atoms with Crippen LogP contribution in [0.1, 0.15) is 10.6 Å². The van der Waals surface area contributed by atoms with Crippen LogP contribution < -0.4 is 5.73 Å². The monoisotopic (exact) mass is 284 g/mol. The smallest absolute Gasteiger partial charge is 0.123 e. The molecule has 0 aliphatic rings. The molecule has 0 aliphatic carbocycles. The Bertz CT molecular complexity index is 719. The van der Waals surface area contributed by atoms with Crippen LogP contribution in [0.5, 0.6) is 0 Å². The summed E-state index contributed by atoms with van der Waals surface area (Å²) in [6, 6.07) is 14.2. The van der Waals surface area contributed by atoms with Crippen molar-refractivity contribution in [2.24, 2.45) is 0 Å². The molecule has 2 aromatic carbocycles. The van der Waals surface area contributed by atoms with Gasteiger partial charge in [0.1, 0.15) is 5.82 Å². The van der Waals surface area contributed by atoms with Crippen LogP contribution >= 0.6 is 11.3 Å². The lowest BCUT2D eigenvalue weighted by atomic mass is 10.1. The molecular formula is C16H13FN2S. The Balaban J connectivity index is 1.84. The van der Waals surface area contributed by atoms with Crippen LogP contribution in [0.2, 0.25) is 0 Å². The number of hydrogen-bond acceptors (Lipinski definition) is 3. The number of para-hydroxylation sites is 1. The van der Waals surface area contributed by atoms with Gasteiger partial charge >= 0.3 is 0 Å². The molecule has 0 saturated carbocycles. The van der Waals surface area contributed by atoms with Crippen LogP contribution in [0.25, 0.3) is 11.3 Å². The van der Waals surface area contributed by atoms with Crippen LogP contribution in [0.15, 0.2) is 53.9 Å². The second kappa shape index (κ2) is 5.43. The lowest BCUT2D eigenvalue weighted by Crippen LogP contribution is -1.91. The molecule has 0 fully saturated rings. The van der Waals surface area contributed by atoms with E-state index in [1.165, 1.54) is 12.1 Å². The number of halogens is 1. The van der Waals surface area contributed by atoms with Crippen LogP contribution in [0.3, 0.4) is 0 Å². The highest BCUT2D eigenvalue weighted by molar-refractivity contribution is 7.10. The average molecular weight is 284 g/mol. The van der Waals surface area contributed by atoms with Gasteiger partial charge in [-0.2, -0.15) is 0 Å². The summed E-state index contributed by atoms with van der Waals surface area (Å²) in [6.45, 7) is 0. The summed E-state index contributed by atoms with van der Waals surface area (Å²) < 4.78 is 12.9. The molecule has 0 spiro atoms. The number of nitrogens with zero attached hydrogens (tertiary/aromatic N) is 1. The molecule has 0 atom stereocenters. The first-order chi connectivity index (χ1) is 9.72. The van der Waals surface area contributed by atoms with Crippen molar-refractivity contribution in [1.29, 1.82) is 0 Å². The largest absolute Gasteiger partial charge is 0.398 e. The van der Waals surface area contributed by atoms with Crippen LogP contribution in [0.4, 0.5) is 10.1 Å². The Morgan fingerprint density at radius 1 is 1.05 bits per heavy atom. The molecule has 20 heavy (non-hydrogen) atoms. The summed E-state index contributed by atoms with van der Waals surface area (Å²) in [5.74, 6) is -0.217. The zero-order chi connectivity index (χ0) is 13.9. The fraction of sp³-hybridized carbons (Fsp3) is 0.0625. The van der Waals surface area contributed by atoms with E-state index < -0.39 is 0 Å². The zero-order valence-corrected chi connectivity index (χ0v) is 11.5. The maximum atomic E-state index is 12.9. The van der Waals surface area contributed by atoms with E-state index in [1.54, 1.807) is 23.5 Å². The first-order valence-corrected chi connectivity index (χ1v) is 7.14. The number of thiazole rings is 1. The third-order valence-corrected chi connectivity index (χ3v) is 3.91. The Kier molecular flexibility index (Phi) is 3.48. The zero-order valence-electron chi connectivity index (χ0n) is 10.7. The number of nitrogen functional groups attached to an aromatic ring is 1. The van der Waals surface area contributed by atoms with Gasteiger partial charge in [-0.05, 0) is 23.8 Å². The van der Waals surface area contributed by atoms with Gasteiger partial charge in [0.25, 0.3) is 0 Å². The van der Waals surface area contributed by atoms with E-state index in [9.17, 15) is 4.39 Å². The number of anilines is 1. The van der Waals surface area contributed by atoms with E-state index in [4.69, 9.17) is 5.73 Å². The molecule has 0 aliphatic heterocycles. The lowest BCUT2D eigenvalue weighted by molar-refractivity contribution is 0.627. The molecule has 0 bridgehead atoms. The van der Waals surface area contributed by atoms with Gasteiger partial charge in [0, 0.05) is 23.1 Å². The first-order valence-electron chi connectivity index (χ1n) is 6.26. The molecule has 1 aromatic heterocycles. The van der Waals surface area contributed by atoms with Gasteiger partial charge in [-0.15, -0.1) is 11.3 Å². The molecule has 4 heteroatoms. The van der Waals surface area contributed by atoms with E-state index >= 15 is 0 Å². The predicted molar refractivity (Wildman–Crippen MR) is 81.2 cm³/mol. The molecule has 0 amide bonds. The summed E-state index contributed by atoms with van der Waals surface area (Å²) in [5.41, 5.74) is 9.58. The molecule has 100 valence electrons. The number of hydrogen-bond donors (Lipinski definition) is 1. The SMILES string of the molecule is Nc1ccccc1-c1csc(Cc2ccc(F)cc2)n1. The minimum absolute atomic E-state index is 0.217. The second-order valence-electron chi connectivity index (χ2n) is 4.52. The van der Waals surface area contributed by atoms with Crippen molar-refractivity contribution >= 4 is 17.0 Å². The molecular weight excluding hydrogens is 271 g/mol. The highest BCUT2D eigenvalue weighted by Gasteiger charge is 2.07. The van der Waals surface area contributed by atoms with Gasteiger partial charge in [0.2, 0.25) is 0 Å². The second-order valence-corrected chi connectivity index (χ2v) is 5.46. The van der Waals surface area contributed by atoms with E-state index in [2.05, 4.69) is 4.98 Å². The highest BCUT2D eigenvalue weighted by Crippen LogP contribution is 2.27. The summed E-state index contributed by atoms with van der Waals surface area (Å²) in [4.78, 5) is 4.60. The Hall–Kier alpha value is -2.20. The van der Waals surface area contributed by atoms with Crippen LogP contribution in [0, 0.1) is 5.82 Å². The van der Waals surface area contributed by atoms with Crippen molar-refractivity contribution in [3.63, 3.8) is 0 Å². The van der Waals surface area contributed by atoms with Crippen molar-refractivity contribution in [2.75, 3.05) is 5.73 Å². The van der Waals surface area contributed by atoms with E-state index in [0.717, 1.165) is 27.5 Å². The molecule has 2 N–H and O–H groups in total. The molecule has 0 saturated heterocycles. The molecule has 2 nitrogen and oxygen atoms in total. The number of benzene rings is 2. The van der Waals surface area contributed by atoms with Crippen molar-refractivity contribution < 1.29 is 4.39 Å². The van der Waals surface area contributed by atoms with Crippen molar-refractivity contribution in [3.8, 4) is 11.3 Å². The Morgan fingerprint density at radius 2 is 1.80 bits per heavy atom. The van der Waals surface area contributed by atoms with Crippen molar-refractivity contribution in [1.82, 2.24) is 4.98 Å².